The van der Waals surface area contributed by atoms with E-state index < -0.39 is 0 Å². The first kappa shape index (κ1) is 19.6. The largest absolute Gasteiger partial charge is 0.345 e. The van der Waals surface area contributed by atoms with E-state index in [0.717, 1.165) is 22.3 Å². The summed E-state index contributed by atoms with van der Waals surface area (Å²) in [6.45, 7) is 2.59. The van der Waals surface area contributed by atoms with Gasteiger partial charge < -0.3 is 5.32 Å². The van der Waals surface area contributed by atoms with Gasteiger partial charge in [-0.1, -0.05) is 54.6 Å². The van der Waals surface area contributed by atoms with Crippen molar-refractivity contribution in [2.45, 2.75) is 19.5 Å². The Balaban J connectivity index is 1.53. The number of nitrogens with one attached hydrogen (secondary N) is 1. The quantitative estimate of drug-likeness (QED) is 0.483. The fourth-order valence-electron chi connectivity index (χ4n) is 3.41. The molecule has 4 aromatic rings. The third-order valence-corrected chi connectivity index (χ3v) is 5.06. The van der Waals surface area contributed by atoms with Gasteiger partial charge in [-0.05, 0) is 53.4 Å². The topological polar surface area (TPSA) is 46.9 Å². The number of aromatic nitrogens is 2. The van der Waals surface area contributed by atoms with Gasteiger partial charge in [-0.25, -0.2) is 4.39 Å². The van der Waals surface area contributed by atoms with Gasteiger partial charge in [-0.15, -0.1) is 0 Å². The fraction of sp³-hybridized carbons (Fsp3) is 0.120. The molecule has 1 heterocycles. The highest BCUT2D eigenvalue weighted by Crippen LogP contribution is 2.25. The van der Waals surface area contributed by atoms with Crippen LogP contribution in [0.2, 0.25) is 0 Å². The zero-order valence-electron chi connectivity index (χ0n) is 16.6. The molecule has 0 saturated carbocycles. The number of hydrogen-bond donors (Lipinski definition) is 1. The van der Waals surface area contributed by atoms with Crippen LogP contribution in [-0.4, -0.2) is 15.7 Å². The van der Waals surface area contributed by atoms with Crippen LogP contribution in [0.15, 0.2) is 91.3 Å². The van der Waals surface area contributed by atoms with Crippen LogP contribution in [0.25, 0.3) is 11.1 Å². The van der Waals surface area contributed by atoms with E-state index in [1.54, 1.807) is 18.3 Å². The van der Waals surface area contributed by atoms with E-state index in [1.807, 2.05) is 72.4 Å². The smallest absolute Gasteiger partial charge is 0.252 e. The fourth-order valence-corrected chi connectivity index (χ4v) is 3.41. The van der Waals surface area contributed by atoms with E-state index in [2.05, 4.69) is 10.4 Å². The Morgan fingerprint density at radius 2 is 1.73 bits per heavy atom. The van der Waals surface area contributed by atoms with Crippen molar-refractivity contribution in [1.82, 2.24) is 15.1 Å². The van der Waals surface area contributed by atoms with Crippen molar-refractivity contribution in [3.05, 3.63) is 114 Å². The summed E-state index contributed by atoms with van der Waals surface area (Å²) in [5.74, 6) is -0.457. The van der Waals surface area contributed by atoms with Crippen molar-refractivity contribution in [1.29, 1.82) is 0 Å². The number of benzene rings is 3. The van der Waals surface area contributed by atoms with Crippen LogP contribution >= 0.6 is 0 Å². The molecule has 5 heteroatoms. The van der Waals surface area contributed by atoms with Gasteiger partial charge in [0.05, 0.1) is 12.6 Å². The molecular weight excluding hydrogens is 377 g/mol. The second-order valence-electron chi connectivity index (χ2n) is 7.19. The summed E-state index contributed by atoms with van der Waals surface area (Å²) in [6.07, 6.45) is 3.69. The van der Waals surface area contributed by atoms with Crippen LogP contribution in [-0.2, 0) is 6.54 Å². The maximum Gasteiger partial charge on any atom is 0.252 e. The highest BCUT2D eigenvalue weighted by Gasteiger charge is 2.15. The van der Waals surface area contributed by atoms with Crippen LogP contribution in [0.1, 0.15) is 34.5 Å². The Bertz CT molecular complexity index is 1120. The third kappa shape index (κ3) is 4.46. The van der Waals surface area contributed by atoms with Gasteiger partial charge in [0.1, 0.15) is 5.82 Å². The van der Waals surface area contributed by atoms with Gasteiger partial charge in [0.2, 0.25) is 0 Å². The monoisotopic (exact) mass is 399 g/mol. The summed E-state index contributed by atoms with van der Waals surface area (Å²) < 4.78 is 15.0. The minimum atomic E-state index is -0.293. The second kappa shape index (κ2) is 8.74. The number of hydrogen-bond acceptors (Lipinski definition) is 2. The highest BCUT2D eigenvalue weighted by atomic mass is 19.1. The summed E-state index contributed by atoms with van der Waals surface area (Å²) in [4.78, 5) is 13.0. The van der Waals surface area contributed by atoms with E-state index in [0.29, 0.717) is 12.1 Å². The average molecular weight is 399 g/mol. The van der Waals surface area contributed by atoms with Crippen LogP contribution in [0.5, 0.6) is 0 Å². The lowest BCUT2D eigenvalue weighted by Crippen LogP contribution is -2.27. The zero-order chi connectivity index (χ0) is 20.9. The number of rotatable bonds is 6. The predicted octanol–water partition coefficient (Wildman–Crippen LogP) is 5.23. The molecule has 3 aromatic carbocycles. The summed E-state index contributed by atoms with van der Waals surface area (Å²) in [5, 5.41) is 7.24. The molecule has 30 heavy (non-hydrogen) atoms. The van der Waals surface area contributed by atoms with Crippen molar-refractivity contribution < 1.29 is 9.18 Å². The van der Waals surface area contributed by atoms with E-state index >= 15 is 0 Å². The Labute approximate surface area is 175 Å². The zero-order valence-corrected chi connectivity index (χ0v) is 16.6. The highest BCUT2D eigenvalue weighted by molar-refractivity contribution is 6.01. The molecule has 1 unspecified atom stereocenters. The molecule has 0 saturated heterocycles. The summed E-state index contributed by atoms with van der Waals surface area (Å²) >= 11 is 0. The molecule has 0 bridgehead atoms. The SMILES string of the molecule is CC(NC(=O)c1ccccc1-c1ccc(Cn2cccn2)cc1)c1ccc(F)cc1. The minimum Gasteiger partial charge on any atom is -0.345 e. The van der Waals surface area contributed by atoms with Gasteiger partial charge in [0, 0.05) is 18.0 Å². The average Bonchev–Trinajstić information content (AvgIpc) is 3.28. The van der Waals surface area contributed by atoms with Crippen molar-refractivity contribution in [2.24, 2.45) is 0 Å². The number of carbonyl (C=O) groups is 1. The molecule has 4 rings (SSSR count). The first-order valence-electron chi connectivity index (χ1n) is 9.82. The summed E-state index contributed by atoms with van der Waals surface area (Å²) in [7, 11) is 0. The number of nitrogens with zero attached hydrogens (tertiary/aromatic N) is 2. The van der Waals surface area contributed by atoms with Gasteiger partial charge in [0.25, 0.3) is 5.91 Å². The summed E-state index contributed by atoms with van der Waals surface area (Å²) in [5.41, 5.74) is 4.43. The molecule has 0 fully saturated rings. The van der Waals surface area contributed by atoms with E-state index in [4.69, 9.17) is 0 Å². The molecule has 0 aliphatic carbocycles. The molecule has 150 valence electrons. The van der Waals surface area contributed by atoms with Crippen molar-refractivity contribution in [3.63, 3.8) is 0 Å². The van der Waals surface area contributed by atoms with E-state index in [9.17, 15) is 9.18 Å². The first-order chi connectivity index (χ1) is 14.6. The number of halogens is 1. The van der Waals surface area contributed by atoms with Crippen LogP contribution in [0.4, 0.5) is 4.39 Å². The first-order valence-corrected chi connectivity index (χ1v) is 9.82. The lowest BCUT2D eigenvalue weighted by molar-refractivity contribution is 0.0940. The lowest BCUT2D eigenvalue weighted by atomic mass is 9.97. The Morgan fingerprint density at radius 1 is 1.00 bits per heavy atom. The molecule has 4 nitrogen and oxygen atoms in total. The molecule has 1 aromatic heterocycles. The van der Waals surface area contributed by atoms with Crippen LogP contribution < -0.4 is 5.32 Å². The molecule has 1 amide bonds. The van der Waals surface area contributed by atoms with E-state index in [1.165, 1.54) is 12.1 Å². The molecule has 0 radical (unpaired) electrons. The van der Waals surface area contributed by atoms with Crippen molar-refractivity contribution >= 4 is 5.91 Å². The van der Waals surface area contributed by atoms with Gasteiger partial charge in [-0.3, -0.25) is 9.48 Å². The van der Waals surface area contributed by atoms with E-state index in [-0.39, 0.29) is 17.8 Å². The van der Waals surface area contributed by atoms with Crippen molar-refractivity contribution in [3.8, 4) is 11.1 Å². The van der Waals surface area contributed by atoms with Crippen LogP contribution in [0.3, 0.4) is 0 Å². The molecule has 0 aliphatic rings. The molecule has 0 aliphatic heterocycles. The predicted molar refractivity (Wildman–Crippen MR) is 115 cm³/mol. The van der Waals surface area contributed by atoms with Crippen LogP contribution in [0, 0.1) is 5.82 Å². The molecule has 1 atom stereocenters. The maximum absolute atomic E-state index is 13.2. The van der Waals surface area contributed by atoms with Gasteiger partial charge in [0.15, 0.2) is 0 Å². The van der Waals surface area contributed by atoms with Gasteiger partial charge in [-0.2, -0.15) is 5.10 Å². The minimum absolute atomic E-state index is 0.164. The molecule has 0 spiro atoms. The van der Waals surface area contributed by atoms with Crippen molar-refractivity contribution in [2.75, 3.05) is 0 Å². The normalized spacial score (nSPS) is 11.8. The molecule has 1 N–H and O–H groups in total. The lowest BCUT2D eigenvalue weighted by Gasteiger charge is -2.16. The summed E-state index contributed by atoms with van der Waals surface area (Å²) in [6, 6.07) is 23.5. The maximum atomic E-state index is 13.2. The van der Waals surface area contributed by atoms with Gasteiger partial charge >= 0.3 is 0 Å². The standard InChI is InChI=1S/C25H22FN3O/c1-18(20-11-13-22(26)14-12-20)28-25(30)24-6-3-2-5-23(24)21-9-7-19(8-10-21)17-29-16-4-15-27-29/h2-16,18H,17H2,1H3,(H,28,30). The second-order valence-corrected chi connectivity index (χ2v) is 7.19. The Kier molecular flexibility index (Phi) is 5.70. The number of carbonyl (C=O) groups excluding carboxylic acids is 1. The number of amides is 1. The Hall–Kier alpha value is -3.73. The Morgan fingerprint density at radius 3 is 2.43 bits per heavy atom. The third-order valence-electron chi connectivity index (χ3n) is 5.06. The molecular formula is C25H22FN3O.